The third kappa shape index (κ3) is 5.99. The van der Waals surface area contributed by atoms with Crippen LogP contribution in [0, 0.1) is 13.8 Å². The summed E-state index contributed by atoms with van der Waals surface area (Å²) in [5, 5.41) is 8.93. The van der Waals surface area contributed by atoms with Gasteiger partial charge in [0, 0.05) is 23.7 Å². The first-order valence-electron chi connectivity index (χ1n) is 11.6. The standard InChI is InChI=1S/C13H20N4.C12H17N3.2CH4/c1-7(2)11-9(5)10(6)17-13(14-11)15-12(16-17)8(3)4;1-8(2)10-5-6-15-11(7-10)13-12(14-15)9(3)4;;/h7-8H,1-6H3;5-9H,1-4H3;2*1H4. The largest absolute Gasteiger partial charge is 0.252 e. The van der Waals surface area contributed by atoms with E-state index in [4.69, 9.17) is 0 Å². The van der Waals surface area contributed by atoms with Crippen LogP contribution in [0.25, 0.3) is 11.4 Å². The summed E-state index contributed by atoms with van der Waals surface area (Å²) in [6.07, 6.45) is 1.99. The predicted octanol–water partition coefficient (Wildman–Crippen LogP) is 7.24. The van der Waals surface area contributed by atoms with Crippen molar-refractivity contribution >= 4 is 11.4 Å². The Hall–Kier alpha value is -2.83. The Morgan fingerprint density at radius 3 is 1.82 bits per heavy atom. The second kappa shape index (κ2) is 11.5. The van der Waals surface area contributed by atoms with Crippen LogP contribution in [-0.4, -0.2) is 34.2 Å². The average molecular weight is 468 g/mol. The molecule has 4 aromatic rings. The highest BCUT2D eigenvalue weighted by molar-refractivity contribution is 5.41. The van der Waals surface area contributed by atoms with E-state index in [9.17, 15) is 0 Å². The number of hydrogen-bond acceptors (Lipinski definition) is 5. The van der Waals surface area contributed by atoms with E-state index in [1.54, 1.807) is 0 Å². The molecule has 0 unspecified atom stereocenters. The summed E-state index contributed by atoms with van der Waals surface area (Å²) in [5.74, 6) is 4.16. The van der Waals surface area contributed by atoms with Crippen molar-refractivity contribution in [3.05, 3.63) is 52.5 Å². The number of aromatic nitrogens is 7. The molecular weight excluding hydrogens is 422 g/mol. The topological polar surface area (TPSA) is 73.3 Å². The SMILES string of the molecule is C.C.CC(C)c1ccn2nc(C(C)C)nc2c1.Cc1c(C(C)C)nc2nc(C(C)C)nn2c1C. The molecule has 0 aliphatic heterocycles. The van der Waals surface area contributed by atoms with Gasteiger partial charge < -0.3 is 0 Å². The molecule has 0 aromatic carbocycles. The van der Waals surface area contributed by atoms with Crippen molar-refractivity contribution in [2.75, 3.05) is 0 Å². The summed E-state index contributed by atoms with van der Waals surface area (Å²) in [6.45, 7) is 21.3. The van der Waals surface area contributed by atoms with Gasteiger partial charge in [0.2, 0.25) is 0 Å². The molecule has 0 spiro atoms. The molecule has 0 aliphatic carbocycles. The normalized spacial score (nSPS) is 11.2. The maximum absolute atomic E-state index is 4.63. The van der Waals surface area contributed by atoms with Gasteiger partial charge in [-0.3, -0.25) is 0 Å². The molecule has 0 fully saturated rings. The smallest absolute Gasteiger partial charge is 0.221 e. The fraction of sp³-hybridized carbons (Fsp3) is 0.593. The Labute approximate surface area is 206 Å². The van der Waals surface area contributed by atoms with E-state index in [2.05, 4.69) is 107 Å². The zero-order valence-electron chi connectivity index (χ0n) is 21.2. The van der Waals surface area contributed by atoms with E-state index in [0.29, 0.717) is 23.7 Å². The van der Waals surface area contributed by atoms with Gasteiger partial charge in [-0.2, -0.15) is 10.1 Å². The highest BCUT2D eigenvalue weighted by atomic mass is 15.3. The van der Waals surface area contributed by atoms with Gasteiger partial charge in [-0.1, -0.05) is 70.2 Å². The van der Waals surface area contributed by atoms with Crippen molar-refractivity contribution in [3.63, 3.8) is 0 Å². The van der Waals surface area contributed by atoms with E-state index in [1.165, 1.54) is 11.1 Å². The molecule has 4 aromatic heterocycles. The number of nitrogens with zero attached hydrogens (tertiary/aromatic N) is 7. The Bertz CT molecular complexity index is 1210. The third-order valence-corrected chi connectivity index (χ3v) is 5.70. The first-order chi connectivity index (χ1) is 15.0. The van der Waals surface area contributed by atoms with Gasteiger partial charge in [0.25, 0.3) is 5.78 Å². The zero-order chi connectivity index (χ0) is 23.7. The van der Waals surface area contributed by atoms with E-state index in [-0.39, 0.29) is 14.9 Å². The second-order valence-electron chi connectivity index (χ2n) is 9.74. The maximum atomic E-state index is 4.63. The summed E-state index contributed by atoms with van der Waals surface area (Å²) >= 11 is 0. The molecule has 0 atom stereocenters. The predicted molar refractivity (Wildman–Crippen MR) is 143 cm³/mol. The van der Waals surface area contributed by atoms with Gasteiger partial charge in [-0.15, -0.1) is 5.10 Å². The molecule has 4 rings (SSSR count). The lowest BCUT2D eigenvalue weighted by Gasteiger charge is -2.11. The number of pyridine rings is 1. The van der Waals surface area contributed by atoms with Crippen molar-refractivity contribution in [2.24, 2.45) is 0 Å². The lowest BCUT2D eigenvalue weighted by Crippen LogP contribution is -2.06. The van der Waals surface area contributed by atoms with E-state index in [1.807, 2.05) is 15.2 Å². The molecule has 0 radical (unpaired) electrons. The van der Waals surface area contributed by atoms with Crippen molar-refractivity contribution in [2.45, 2.75) is 108 Å². The minimum atomic E-state index is 0. The molecule has 0 amide bonds. The Kier molecular flexibility index (Phi) is 9.91. The quantitative estimate of drug-likeness (QED) is 0.316. The molecule has 0 saturated heterocycles. The van der Waals surface area contributed by atoms with Gasteiger partial charge in [0.1, 0.15) is 0 Å². The van der Waals surface area contributed by atoms with Crippen LogP contribution in [-0.2, 0) is 0 Å². The molecule has 34 heavy (non-hydrogen) atoms. The van der Waals surface area contributed by atoms with Crippen LogP contribution in [0.4, 0.5) is 0 Å². The number of aryl methyl sites for hydroxylation is 1. The molecule has 0 saturated carbocycles. The van der Waals surface area contributed by atoms with Crippen LogP contribution in [0.3, 0.4) is 0 Å². The lowest BCUT2D eigenvalue weighted by atomic mass is 10.0. The highest BCUT2D eigenvalue weighted by Gasteiger charge is 2.16. The second-order valence-corrected chi connectivity index (χ2v) is 9.74. The first kappa shape index (κ1) is 29.2. The molecular formula is C27H45N7. The molecule has 188 valence electrons. The summed E-state index contributed by atoms with van der Waals surface area (Å²) < 4.78 is 3.71. The van der Waals surface area contributed by atoms with E-state index >= 15 is 0 Å². The van der Waals surface area contributed by atoms with Crippen molar-refractivity contribution in [1.29, 1.82) is 0 Å². The van der Waals surface area contributed by atoms with Gasteiger partial charge in [-0.25, -0.2) is 19.0 Å². The lowest BCUT2D eigenvalue weighted by molar-refractivity contribution is 0.747. The zero-order valence-corrected chi connectivity index (χ0v) is 21.2. The fourth-order valence-electron chi connectivity index (χ4n) is 3.48. The monoisotopic (exact) mass is 467 g/mol. The maximum Gasteiger partial charge on any atom is 0.252 e. The minimum Gasteiger partial charge on any atom is -0.221 e. The van der Waals surface area contributed by atoms with Crippen LogP contribution in [0.5, 0.6) is 0 Å². The summed E-state index contributed by atoms with van der Waals surface area (Å²) in [7, 11) is 0. The van der Waals surface area contributed by atoms with Crippen LogP contribution in [0.1, 0.15) is 128 Å². The van der Waals surface area contributed by atoms with Gasteiger partial charge >= 0.3 is 0 Å². The van der Waals surface area contributed by atoms with Crippen LogP contribution in [0.15, 0.2) is 18.3 Å². The fourth-order valence-corrected chi connectivity index (χ4v) is 3.48. The Balaban J connectivity index is 0.000000323. The highest BCUT2D eigenvalue weighted by Crippen LogP contribution is 2.21. The Morgan fingerprint density at radius 2 is 1.29 bits per heavy atom. The third-order valence-electron chi connectivity index (χ3n) is 5.70. The number of fused-ring (bicyclic) bond motifs is 2. The first-order valence-corrected chi connectivity index (χ1v) is 11.6. The van der Waals surface area contributed by atoms with E-state index in [0.717, 1.165) is 34.5 Å². The average Bonchev–Trinajstić information content (AvgIpc) is 3.34. The van der Waals surface area contributed by atoms with Gasteiger partial charge in [-0.05, 0) is 48.9 Å². The van der Waals surface area contributed by atoms with E-state index < -0.39 is 0 Å². The van der Waals surface area contributed by atoms with Gasteiger partial charge in [0.15, 0.2) is 17.3 Å². The molecule has 0 aliphatic rings. The molecule has 7 heteroatoms. The van der Waals surface area contributed by atoms with Crippen LogP contribution in [0.2, 0.25) is 0 Å². The minimum absolute atomic E-state index is 0. The summed E-state index contributed by atoms with van der Waals surface area (Å²) in [4.78, 5) is 13.6. The summed E-state index contributed by atoms with van der Waals surface area (Å²) in [6, 6.07) is 4.22. The number of hydrogen-bond donors (Lipinski definition) is 0. The summed E-state index contributed by atoms with van der Waals surface area (Å²) in [5.41, 5.74) is 5.73. The number of rotatable bonds is 4. The van der Waals surface area contributed by atoms with Crippen molar-refractivity contribution in [1.82, 2.24) is 34.2 Å². The Morgan fingerprint density at radius 1 is 0.706 bits per heavy atom. The van der Waals surface area contributed by atoms with Crippen LogP contribution >= 0.6 is 0 Å². The van der Waals surface area contributed by atoms with Gasteiger partial charge in [0.05, 0.1) is 5.69 Å². The van der Waals surface area contributed by atoms with Crippen molar-refractivity contribution < 1.29 is 0 Å². The van der Waals surface area contributed by atoms with Crippen molar-refractivity contribution in [3.8, 4) is 0 Å². The molecule has 4 heterocycles. The molecule has 0 bridgehead atoms. The molecule has 0 N–H and O–H groups in total. The van der Waals surface area contributed by atoms with Crippen LogP contribution < -0.4 is 0 Å². The molecule has 7 nitrogen and oxygen atoms in total.